The smallest absolute Gasteiger partial charge is 0.233 e. The maximum atomic E-state index is 13.1. The standard InChI is InChI=1S/C20H20ClFN4O2S/c1-11(13-4-7-15(22)8-5-13)23-19(27)12(2)29-20-24-18(25-26-20)16-10-14(21)6-9-17(16)28-3/h4-12H,1-3H3,(H,23,27)(H,24,25,26)/t11-,12+/m1/s1. The van der Waals surface area contributed by atoms with Gasteiger partial charge in [-0.3, -0.25) is 9.89 Å². The van der Waals surface area contributed by atoms with Gasteiger partial charge in [-0.05, 0) is 49.7 Å². The van der Waals surface area contributed by atoms with Crippen LogP contribution in [0.3, 0.4) is 0 Å². The van der Waals surface area contributed by atoms with Crippen LogP contribution in [0.1, 0.15) is 25.5 Å². The summed E-state index contributed by atoms with van der Waals surface area (Å²) >= 11 is 7.29. The molecule has 9 heteroatoms. The Kier molecular flexibility index (Phi) is 6.76. The average Bonchev–Trinajstić information content (AvgIpc) is 3.16. The quantitative estimate of drug-likeness (QED) is 0.530. The van der Waals surface area contributed by atoms with Crippen molar-refractivity contribution < 1.29 is 13.9 Å². The molecule has 1 amide bonds. The molecule has 0 unspecified atom stereocenters. The largest absolute Gasteiger partial charge is 0.496 e. The summed E-state index contributed by atoms with van der Waals surface area (Å²) in [6.07, 6.45) is 0. The number of amides is 1. The van der Waals surface area contributed by atoms with Crippen molar-refractivity contribution in [1.82, 2.24) is 20.5 Å². The van der Waals surface area contributed by atoms with E-state index in [1.54, 1.807) is 44.4 Å². The van der Waals surface area contributed by atoms with E-state index >= 15 is 0 Å². The second-order valence-corrected chi connectivity index (χ2v) is 8.10. The minimum Gasteiger partial charge on any atom is -0.496 e. The molecule has 0 radical (unpaired) electrons. The number of carbonyl (C=O) groups is 1. The van der Waals surface area contributed by atoms with Crippen LogP contribution in [0.2, 0.25) is 5.02 Å². The summed E-state index contributed by atoms with van der Waals surface area (Å²) in [5.74, 6) is 0.631. The molecular weight excluding hydrogens is 415 g/mol. The third-order valence-electron chi connectivity index (χ3n) is 4.26. The molecule has 0 bridgehead atoms. The zero-order valence-corrected chi connectivity index (χ0v) is 17.6. The van der Waals surface area contributed by atoms with E-state index in [4.69, 9.17) is 16.3 Å². The normalized spacial score (nSPS) is 13.0. The van der Waals surface area contributed by atoms with E-state index in [9.17, 15) is 9.18 Å². The highest BCUT2D eigenvalue weighted by atomic mass is 35.5. The lowest BCUT2D eigenvalue weighted by Gasteiger charge is -2.17. The molecule has 1 heterocycles. The number of aromatic nitrogens is 3. The topological polar surface area (TPSA) is 79.9 Å². The number of H-pyrrole nitrogens is 1. The number of methoxy groups -OCH3 is 1. The summed E-state index contributed by atoms with van der Waals surface area (Å²) in [5, 5.41) is 10.5. The maximum absolute atomic E-state index is 13.1. The van der Waals surface area contributed by atoms with E-state index in [1.165, 1.54) is 23.9 Å². The van der Waals surface area contributed by atoms with Gasteiger partial charge in [-0.15, -0.1) is 5.10 Å². The predicted molar refractivity (Wildman–Crippen MR) is 112 cm³/mol. The first-order valence-electron chi connectivity index (χ1n) is 8.86. The van der Waals surface area contributed by atoms with Gasteiger partial charge < -0.3 is 10.1 Å². The molecule has 29 heavy (non-hydrogen) atoms. The van der Waals surface area contributed by atoms with Crippen molar-refractivity contribution in [3.8, 4) is 17.1 Å². The second kappa shape index (κ2) is 9.28. The molecule has 2 aromatic carbocycles. The van der Waals surface area contributed by atoms with Crippen LogP contribution in [0.5, 0.6) is 5.75 Å². The zero-order chi connectivity index (χ0) is 21.0. The molecule has 0 spiro atoms. The number of hydrogen-bond acceptors (Lipinski definition) is 5. The molecule has 2 N–H and O–H groups in total. The minimum atomic E-state index is -0.428. The Morgan fingerprint density at radius 1 is 1.24 bits per heavy atom. The molecule has 3 aromatic rings. The number of rotatable bonds is 7. The van der Waals surface area contributed by atoms with Crippen molar-refractivity contribution in [2.24, 2.45) is 0 Å². The molecule has 0 aliphatic rings. The lowest BCUT2D eigenvalue weighted by Crippen LogP contribution is -2.33. The summed E-state index contributed by atoms with van der Waals surface area (Å²) in [4.78, 5) is 16.9. The molecule has 6 nitrogen and oxygen atoms in total. The summed E-state index contributed by atoms with van der Waals surface area (Å²) in [6, 6.07) is 11.0. The Morgan fingerprint density at radius 3 is 2.66 bits per heavy atom. The fourth-order valence-corrected chi connectivity index (χ4v) is 3.57. The summed E-state index contributed by atoms with van der Waals surface area (Å²) in [5.41, 5.74) is 1.51. The van der Waals surface area contributed by atoms with Gasteiger partial charge in [-0.1, -0.05) is 35.5 Å². The Morgan fingerprint density at radius 2 is 1.97 bits per heavy atom. The molecule has 3 rings (SSSR count). The molecule has 2 atom stereocenters. The predicted octanol–water partition coefficient (Wildman–Crippen LogP) is 4.63. The van der Waals surface area contributed by atoms with Gasteiger partial charge in [0, 0.05) is 5.02 Å². The Balaban J connectivity index is 1.65. The molecular formula is C20H20ClFN4O2S. The summed E-state index contributed by atoms with van der Waals surface area (Å²) in [6.45, 7) is 3.62. The molecule has 0 saturated heterocycles. The Labute approximate surface area is 177 Å². The van der Waals surface area contributed by atoms with E-state index in [0.717, 1.165) is 5.56 Å². The first-order chi connectivity index (χ1) is 13.9. The maximum Gasteiger partial charge on any atom is 0.233 e. The molecule has 0 fully saturated rings. The van der Waals surface area contributed by atoms with Gasteiger partial charge in [0.2, 0.25) is 11.1 Å². The van der Waals surface area contributed by atoms with Crippen LogP contribution in [-0.2, 0) is 4.79 Å². The minimum absolute atomic E-state index is 0.168. The molecule has 0 saturated carbocycles. The third-order valence-corrected chi connectivity index (χ3v) is 5.46. The number of carbonyl (C=O) groups excluding carboxylic acids is 1. The van der Waals surface area contributed by atoms with Gasteiger partial charge >= 0.3 is 0 Å². The highest BCUT2D eigenvalue weighted by Crippen LogP contribution is 2.31. The van der Waals surface area contributed by atoms with Crippen molar-refractivity contribution in [3.63, 3.8) is 0 Å². The number of nitrogens with one attached hydrogen (secondary N) is 2. The average molecular weight is 435 g/mol. The van der Waals surface area contributed by atoms with E-state index in [1.807, 2.05) is 6.92 Å². The van der Waals surface area contributed by atoms with E-state index in [0.29, 0.717) is 27.3 Å². The second-order valence-electron chi connectivity index (χ2n) is 6.35. The van der Waals surface area contributed by atoms with Gasteiger partial charge in [-0.25, -0.2) is 9.37 Å². The Bertz CT molecular complexity index is 996. The van der Waals surface area contributed by atoms with E-state index in [-0.39, 0.29) is 17.8 Å². The molecule has 1 aromatic heterocycles. The number of ether oxygens (including phenoxy) is 1. The lowest BCUT2D eigenvalue weighted by atomic mass is 10.1. The van der Waals surface area contributed by atoms with Crippen LogP contribution in [-0.4, -0.2) is 33.4 Å². The van der Waals surface area contributed by atoms with Crippen molar-refractivity contribution in [1.29, 1.82) is 0 Å². The number of thioether (sulfide) groups is 1. The number of nitrogens with zero attached hydrogens (tertiary/aromatic N) is 2. The number of hydrogen-bond donors (Lipinski definition) is 2. The summed E-state index contributed by atoms with van der Waals surface area (Å²) in [7, 11) is 1.56. The number of aromatic amines is 1. The van der Waals surface area contributed by atoms with Crippen LogP contribution < -0.4 is 10.1 Å². The van der Waals surface area contributed by atoms with Crippen LogP contribution in [0.25, 0.3) is 11.4 Å². The highest BCUT2D eigenvalue weighted by molar-refractivity contribution is 8.00. The fourth-order valence-electron chi connectivity index (χ4n) is 2.66. The SMILES string of the molecule is COc1ccc(Cl)cc1-c1nc(S[C@@H](C)C(=O)N[C@H](C)c2ccc(F)cc2)n[nH]1. The molecule has 152 valence electrons. The first kappa shape index (κ1) is 21.1. The zero-order valence-electron chi connectivity index (χ0n) is 16.1. The van der Waals surface area contributed by atoms with Gasteiger partial charge in [0.25, 0.3) is 0 Å². The fraction of sp³-hybridized carbons (Fsp3) is 0.250. The monoisotopic (exact) mass is 434 g/mol. The van der Waals surface area contributed by atoms with Crippen LogP contribution in [0.15, 0.2) is 47.6 Å². The lowest BCUT2D eigenvalue weighted by molar-refractivity contribution is -0.120. The van der Waals surface area contributed by atoms with Gasteiger partial charge in [0.1, 0.15) is 11.6 Å². The molecule has 0 aliphatic carbocycles. The van der Waals surface area contributed by atoms with Gasteiger partial charge in [-0.2, -0.15) is 0 Å². The van der Waals surface area contributed by atoms with E-state index < -0.39 is 5.25 Å². The molecule has 0 aliphatic heterocycles. The number of halogens is 2. The van der Waals surface area contributed by atoms with Gasteiger partial charge in [0.15, 0.2) is 5.82 Å². The van der Waals surface area contributed by atoms with Crippen molar-refractivity contribution in [3.05, 3.63) is 58.9 Å². The van der Waals surface area contributed by atoms with Gasteiger partial charge in [0.05, 0.1) is 24.0 Å². The third kappa shape index (κ3) is 5.27. The first-order valence-corrected chi connectivity index (χ1v) is 10.1. The summed E-state index contributed by atoms with van der Waals surface area (Å²) < 4.78 is 18.4. The van der Waals surface area contributed by atoms with Crippen molar-refractivity contribution in [2.45, 2.75) is 30.3 Å². The van der Waals surface area contributed by atoms with Crippen LogP contribution >= 0.6 is 23.4 Å². The van der Waals surface area contributed by atoms with Crippen molar-refractivity contribution in [2.75, 3.05) is 7.11 Å². The van der Waals surface area contributed by atoms with E-state index in [2.05, 4.69) is 20.5 Å². The van der Waals surface area contributed by atoms with Crippen molar-refractivity contribution >= 4 is 29.3 Å². The highest BCUT2D eigenvalue weighted by Gasteiger charge is 2.20. The van der Waals surface area contributed by atoms with Crippen LogP contribution in [0.4, 0.5) is 4.39 Å². The van der Waals surface area contributed by atoms with Crippen LogP contribution in [0, 0.1) is 5.82 Å². The number of benzene rings is 2. The Hall–Kier alpha value is -2.58.